The molecule has 1 saturated carbocycles. The Balaban J connectivity index is 2.02. The SMILES string of the molecule is OCCN(Cc1ccc(F)c(Br)c1)C1CCC1. The molecule has 2 nitrogen and oxygen atoms in total. The van der Waals surface area contributed by atoms with Crippen LogP contribution in [0.4, 0.5) is 4.39 Å². The van der Waals surface area contributed by atoms with Gasteiger partial charge in [-0.1, -0.05) is 12.5 Å². The van der Waals surface area contributed by atoms with Gasteiger partial charge in [-0.15, -0.1) is 0 Å². The molecule has 1 aliphatic carbocycles. The second-order valence-corrected chi connectivity index (χ2v) is 5.38. The van der Waals surface area contributed by atoms with E-state index in [0.29, 0.717) is 17.1 Å². The molecule has 0 amide bonds. The van der Waals surface area contributed by atoms with Crippen molar-refractivity contribution < 1.29 is 9.50 Å². The standard InChI is InChI=1S/C13H17BrFNO/c14-12-8-10(4-5-13(12)15)9-16(6-7-17)11-2-1-3-11/h4-5,8,11,17H,1-3,6-7,9H2. The van der Waals surface area contributed by atoms with Gasteiger partial charge < -0.3 is 5.11 Å². The van der Waals surface area contributed by atoms with Crippen molar-refractivity contribution in [2.24, 2.45) is 0 Å². The van der Waals surface area contributed by atoms with Gasteiger partial charge in [0.15, 0.2) is 0 Å². The Bertz CT molecular complexity index is 382. The fraction of sp³-hybridized carbons (Fsp3) is 0.538. The van der Waals surface area contributed by atoms with E-state index in [9.17, 15) is 4.39 Å². The van der Waals surface area contributed by atoms with Crippen molar-refractivity contribution in [3.63, 3.8) is 0 Å². The highest BCUT2D eigenvalue weighted by Gasteiger charge is 2.24. The molecule has 0 heterocycles. The molecule has 2 rings (SSSR count). The van der Waals surface area contributed by atoms with Crippen LogP contribution in [0.25, 0.3) is 0 Å². The molecule has 1 N–H and O–H groups in total. The Kier molecular flexibility index (Phi) is 4.54. The highest BCUT2D eigenvalue weighted by molar-refractivity contribution is 9.10. The van der Waals surface area contributed by atoms with Crippen molar-refractivity contribution in [3.05, 3.63) is 34.1 Å². The number of rotatable bonds is 5. The molecule has 0 aliphatic heterocycles. The summed E-state index contributed by atoms with van der Waals surface area (Å²) in [7, 11) is 0. The smallest absolute Gasteiger partial charge is 0.137 e. The molecule has 1 aliphatic rings. The predicted molar refractivity (Wildman–Crippen MR) is 69.2 cm³/mol. The first kappa shape index (κ1) is 13.0. The monoisotopic (exact) mass is 301 g/mol. The molecule has 17 heavy (non-hydrogen) atoms. The molecule has 0 aromatic heterocycles. The lowest BCUT2D eigenvalue weighted by Crippen LogP contribution is -2.41. The minimum absolute atomic E-state index is 0.179. The number of hydrogen-bond acceptors (Lipinski definition) is 2. The van der Waals surface area contributed by atoms with Crippen LogP contribution in [0, 0.1) is 5.82 Å². The molecule has 0 spiro atoms. The van der Waals surface area contributed by atoms with Crippen molar-refractivity contribution in [2.75, 3.05) is 13.2 Å². The molecule has 1 aromatic carbocycles. The number of halogens is 2. The number of hydrogen-bond donors (Lipinski definition) is 1. The van der Waals surface area contributed by atoms with Crippen molar-refractivity contribution in [2.45, 2.75) is 31.8 Å². The van der Waals surface area contributed by atoms with E-state index in [-0.39, 0.29) is 12.4 Å². The lowest BCUT2D eigenvalue weighted by atomic mass is 9.91. The van der Waals surface area contributed by atoms with Crippen molar-refractivity contribution in [1.29, 1.82) is 0 Å². The van der Waals surface area contributed by atoms with E-state index in [1.165, 1.54) is 25.3 Å². The largest absolute Gasteiger partial charge is 0.395 e. The minimum Gasteiger partial charge on any atom is -0.395 e. The molecule has 0 saturated heterocycles. The van der Waals surface area contributed by atoms with E-state index in [2.05, 4.69) is 20.8 Å². The maximum absolute atomic E-state index is 13.1. The minimum atomic E-state index is -0.230. The summed E-state index contributed by atoms with van der Waals surface area (Å²) in [4.78, 5) is 2.28. The topological polar surface area (TPSA) is 23.5 Å². The lowest BCUT2D eigenvalue weighted by Gasteiger charge is -2.37. The summed E-state index contributed by atoms with van der Waals surface area (Å²) < 4.78 is 13.6. The quantitative estimate of drug-likeness (QED) is 0.904. The first-order valence-corrected chi connectivity index (χ1v) is 6.79. The number of benzene rings is 1. The summed E-state index contributed by atoms with van der Waals surface area (Å²) in [6.07, 6.45) is 3.70. The normalized spacial score (nSPS) is 16.2. The van der Waals surface area contributed by atoms with E-state index in [1.807, 2.05) is 12.1 Å². The summed E-state index contributed by atoms with van der Waals surface area (Å²) >= 11 is 3.20. The fourth-order valence-corrected chi connectivity index (χ4v) is 2.57. The van der Waals surface area contributed by atoms with E-state index >= 15 is 0 Å². The third-order valence-electron chi connectivity index (χ3n) is 3.35. The third-order valence-corrected chi connectivity index (χ3v) is 3.96. The molecule has 4 heteroatoms. The molecule has 1 aromatic rings. The second kappa shape index (κ2) is 5.94. The van der Waals surface area contributed by atoms with Crippen LogP contribution in [0.1, 0.15) is 24.8 Å². The average Bonchev–Trinajstić information content (AvgIpc) is 2.21. The highest BCUT2D eigenvalue weighted by Crippen LogP contribution is 2.26. The van der Waals surface area contributed by atoms with Gasteiger partial charge in [0.2, 0.25) is 0 Å². The van der Waals surface area contributed by atoms with Gasteiger partial charge in [0.1, 0.15) is 5.82 Å². The summed E-state index contributed by atoms with van der Waals surface area (Å²) in [6.45, 7) is 1.66. The third kappa shape index (κ3) is 3.27. The maximum atomic E-state index is 13.1. The molecule has 94 valence electrons. The van der Waals surface area contributed by atoms with Gasteiger partial charge >= 0.3 is 0 Å². The van der Waals surface area contributed by atoms with Gasteiger partial charge in [-0.3, -0.25) is 4.90 Å². The van der Waals surface area contributed by atoms with Gasteiger partial charge in [-0.05, 0) is 46.5 Å². The van der Waals surface area contributed by atoms with Crippen LogP contribution in [-0.4, -0.2) is 29.2 Å². The summed E-state index contributed by atoms with van der Waals surface area (Å²) in [5.74, 6) is -0.230. The Hall–Kier alpha value is -0.450. The first-order chi connectivity index (χ1) is 8.20. The molecular formula is C13H17BrFNO. The van der Waals surface area contributed by atoms with Crippen LogP contribution < -0.4 is 0 Å². The molecule has 0 unspecified atom stereocenters. The van der Waals surface area contributed by atoms with Gasteiger partial charge in [-0.25, -0.2) is 4.39 Å². The number of nitrogens with zero attached hydrogens (tertiary/aromatic N) is 1. The van der Waals surface area contributed by atoms with E-state index < -0.39 is 0 Å². The number of aliphatic hydroxyl groups is 1. The van der Waals surface area contributed by atoms with Crippen molar-refractivity contribution in [3.8, 4) is 0 Å². The summed E-state index contributed by atoms with van der Waals surface area (Å²) in [6, 6.07) is 5.70. The number of aliphatic hydroxyl groups excluding tert-OH is 1. The van der Waals surface area contributed by atoms with Gasteiger partial charge in [-0.2, -0.15) is 0 Å². The summed E-state index contributed by atoms with van der Waals surface area (Å²) in [5, 5.41) is 9.07. The maximum Gasteiger partial charge on any atom is 0.137 e. The van der Waals surface area contributed by atoms with Gasteiger partial charge in [0.25, 0.3) is 0 Å². The summed E-state index contributed by atoms with van der Waals surface area (Å²) in [5.41, 5.74) is 1.08. The van der Waals surface area contributed by atoms with Crippen LogP contribution in [0.2, 0.25) is 0 Å². The molecule has 1 fully saturated rings. The zero-order chi connectivity index (χ0) is 12.3. The zero-order valence-corrected chi connectivity index (χ0v) is 11.3. The Morgan fingerprint density at radius 2 is 2.18 bits per heavy atom. The predicted octanol–water partition coefficient (Wildman–Crippen LogP) is 2.94. The zero-order valence-electron chi connectivity index (χ0n) is 9.70. The average molecular weight is 302 g/mol. The van der Waals surface area contributed by atoms with Crippen molar-refractivity contribution in [1.82, 2.24) is 4.90 Å². The van der Waals surface area contributed by atoms with Crippen LogP contribution in [-0.2, 0) is 6.54 Å². The van der Waals surface area contributed by atoms with Gasteiger partial charge in [0.05, 0.1) is 11.1 Å². The highest BCUT2D eigenvalue weighted by atomic mass is 79.9. The van der Waals surface area contributed by atoms with E-state index in [4.69, 9.17) is 5.11 Å². The molecule has 0 atom stereocenters. The Morgan fingerprint density at radius 1 is 1.41 bits per heavy atom. The van der Waals surface area contributed by atoms with Gasteiger partial charge in [0, 0.05) is 19.1 Å². The lowest BCUT2D eigenvalue weighted by molar-refractivity contribution is 0.0945. The van der Waals surface area contributed by atoms with E-state index in [0.717, 1.165) is 12.1 Å². The first-order valence-electron chi connectivity index (χ1n) is 5.99. The van der Waals surface area contributed by atoms with Crippen LogP contribution in [0.3, 0.4) is 0 Å². The van der Waals surface area contributed by atoms with Crippen molar-refractivity contribution >= 4 is 15.9 Å². The molecule has 0 bridgehead atoms. The molecular weight excluding hydrogens is 285 g/mol. The second-order valence-electron chi connectivity index (χ2n) is 4.53. The Labute approximate surface area is 110 Å². The van der Waals surface area contributed by atoms with Crippen LogP contribution >= 0.6 is 15.9 Å². The fourth-order valence-electron chi connectivity index (χ4n) is 2.14. The molecule has 0 radical (unpaired) electrons. The van der Waals surface area contributed by atoms with Crippen LogP contribution in [0.15, 0.2) is 22.7 Å². The Morgan fingerprint density at radius 3 is 2.71 bits per heavy atom. The van der Waals surface area contributed by atoms with E-state index in [1.54, 1.807) is 0 Å². The van der Waals surface area contributed by atoms with Crippen LogP contribution in [0.5, 0.6) is 0 Å².